The standard InChI is InChI=1S/C22H21N9O2/c1-22(2,3)33-21(32)31-8-7-11-12(5-4-6-14(11)31)17-15-16(25)13(9-23)18(26)29-19(15)30-20(28-17)27-10-24/h4-8,17H,1-3H3,(H6,25,26,27,28,29,30). The Morgan fingerprint density at radius 2 is 2.03 bits per heavy atom. The molecule has 33 heavy (non-hydrogen) atoms. The number of nitriles is 2. The monoisotopic (exact) mass is 443 g/mol. The number of fused-ring (bicyclic) bond motifs is 2. The van der Waals surface area contributed by atoms with E-state index in [1.54, 1.807) is 45.2 Å². The number of guanidine groups is 1. The fourth-order valence-electron chi connectivity index (χ4n) is 3.71. The number of nitrogens with zero attached hydrogens (tertiary/aromatic N) is 5. The van der Waals surface area contributed by atoms with Crippen molar-refractivity contribution in [2.24, 2.45) is 4.99 Å². The lowest BCUT2D eigenvalue weighted by Gasteiger charge is -2.26. The third kappa shape index (κ3) is 3.72. The topological polar surface area (TPSA) is 180 Å². The maximum Gasteiger partial charge on any atom is 0.418 e. The molecule has 6 N–H and O–H groups in total. The minimum atomic E-state index is -0.726. The number of rotatable bonds is 1. The maximum absolute atomic E-state index is 12.7. The Labute approximate surface area is 189 Å². The first-order valence-electron chi connectivity index (χ1n) is 9.96. The molecule has 1 unspecified atom stereocenters. The van der Waals surface area contributed by atoms with Gasteiger partial charge in [-0.1, -0.05) is 12.1 Å². The van der Waals surface area contributed by atoms with Gasteiger partial charge in [-0.3, -0.25) is 9.88 Å². The van der Waals surface area contributed by atoms with Crippen LogP contribution in [-0.4, -0.2) is 27.2 Å². The van der Waals surface area contributed by atoms with Crippen LogP contribution in [0.15, 0.2) is 35.5 Å². The molecule has 11 nitrogen and oxygen atoms in total. The number of benzene rings is 1. The number of nitrogens with one attached hydrogen (secondary N) is 2. The molecule has 166 valence electrons. The molecule has 0 saturated heterocycles. The Hall–Kier alpha value is -4.77. The molecular weight excluding hydrogens is 422 g/mol. The lowest BCUT2D eigenvalue weighted by atomic mass is 9.93. The highest BCUT2D eigenvalue weighted by molar-refractivity contribution is 6.00. The second-order valence-corrected chi connectivity index (χ2v) is 8.35. The van der Waals surface area contributed by atoms with Crippen molar-refractivity contribution in [3.05, 3.63) is 47.2 Å². The number of anilines is 3. The number of hydrogen-bond acceptors (Lipinski definition) is 10. The van der Waals surface area contributed by atoms with E-state index >= 15 is 0 Å². The molecule has 2 aromatic heterocycles. The molecule has 0 saturated carbocycles. The van der Waals surface area contributed by atoms with Crippen molar-refractivity contribution >= 4 is 40.3 Å². The van der Waals surface area contributed by atoms with Gasteiger partial charge in [-0.15, -0.1) is 0 Å². The third-order valence-corrected chi connectivity index (χ3v) is 5.01. The average Bonchev–Trinajstić information content (AvgIpc) is 3.17. The molecule has 0 fully saturated rings. The van der Waals surface area contributed by atoms with Crippen molar-refractivity contribution < 1.29 is 9.53 Å². The summed E-state index contributed by atoms with van der Waals surface area (Å²) in [5, 5.41) is 24.7. The molecule has 0 aliphatic carbocycles. The number of pyridine rings is 1. The summed E-state index contributed by atoms with van der Waals surface area (Å²) in [4.78, 5) is 21.6. The van der Waals surface area contributed by atoms with E-state index in [4.69, 9.17) is 21.5 Å². The normalized spacial score (nSPS) is 14.9. The van der Waals surface area contributed by atoms with Gasteiger partial charge in [-0.25, -0.2) is 14.8 Å². The molecule has 4 rings (SSSR count). The van der Waals surface area contributed by atoms with Gasteiger partial charge in [0.15, 0.2) is 6.19 Å². The van der Waals surface area contributed by atoms with E-state index < -0.39 is 17.7 Å². The van der Waals surface area contributed by atoms with Crippen LogP contribution in [0.4, 0.5) is 22.1 Å². The number of aliphatic imine (C=N–C) groups is 1. The van der Waals surface area contributed by atoms with Crippen molar-refractivity contribution in [2.75, 3.05) is 16.8 Å². The molecule has 3 aromatic rings. The summed E-state index contributed by atoms with van der Waals surface area (Å²) in [7, 11) is 0. The van der Waals surface area contributed by atoms with E-state index in [1.165, 1.54) is 4.57 Å². The zero-order valence-corrected chi connectivity index (χ0v) is 18.2. The first-order valence-corrected chi connectivity index (χ1v) is 9.96. The predicted molar refractivity (Wildman–Crippen MR) is 123 cm³/mol. The lowest BCUT2D eigenvalue weighted by Crippen LogP contribution is -2.32. The van der Waals surface area contributed by atoms with Crippen molar-refractivity contribution in [1.29, 1.82) is 10.5 Å². The van der Waals surface area contributed by atoms with Crippen LogP contribution in [0.3, 0.4) is 0 Å². The zero-order chi connectivity index (χ0) is 23.9. The molecule has 0 spiro atoms. The highest BCUT2D eigenvalue weighted by atomic mass is 16.6. The van der Waals surface area contributed by atoms with Gasteiger partial charge in [-0.2, -0.15) is 10.5 Å². The molecule has 1 aliphatic rings. The second-order valence-electron chi connectivity index (χ2n) is 8.35. The number of carbonyl (C=O) groups is 1. The van der Waals surface area contributed by atoms with Crippen LogP contribution >= 0.6 is 0 Å². The van der Waals surface area contributed by atoms with E-state index in [0.717, 1.165) is 5.39 Å². The van der Waals surface area contributed by atoms with E-state index in [-0.39, 0.29) is 28.8 Å². The first kappa shape index (κ1) is 21.5. The van der Waals surface area contributed by atoms with Crippen molar-refractivity contribution in [3.8, 4) is 12.3 Å². The quantitative estimate of drug-likeness (QED) is 0.325. The Kier molecular flexibility index (Phi) is 5.03. The molecule has 3 heterocycles. The number of carbonyl (C=O) groups excluding carboxylic acids is 1. The van der Waals surface area contributed by atoms with E-state index in [2.05, 4.69) is 20.6 Å². The van der Waals surface area contributed by atoms with Crippen LogP contribution in [0.2, 0.25) is 0 Å². The molecule has 0 radical (unpaired) electrons. The van der Waals surface area contributed by atoms with Crippen LogP contribution in [-0.2, 0) is 4.74 Å². The van der Waals surface area contributed by atoms with Gasteiger partial charge in [0.1, 0.15) is 34.9 Å². The van der Waals surface area contributed by atoms with Gasteiger partial charge in [0, 0.05) is 17.1 Å². The van der Waals surface area contributed by atoms with Crippen LogP contribution in [0, 0.1) is 22.8 Å². The van der Waals surface area contributed by atoms with Crippen LogP contribution in [0.25, 0.3) is 10.9 Å². The van der Waals surface area contributed by atoms with Crippen LogP contribution in [0.5, 0.6) is 0 Å². The third-order valence-electron chi connectivity index (χ3n) is 5.01. The summed E-state index contributed by atoms with van der Waals surface area (Å²) < 4.78 is 6.92. The largest absolute Gasteiger partial charge is 0.443 e. The molecule has 1 atom stereocenters. The van der Waals surface area contributed by atoms with E-state index in [1.807, 2.05) is 18.3 Å². The number of nitrogens with two attached hydrogens (primary N) is 2. The summed E-state index contributed by atoms with van der Waals surface area (Å²) in [6.45, 7) is 5.38. The Bertz CT molecular complexity index is 1400. The number of ether oxygens (including phenoxy) is 1. The molecule has 0 amide bonds. The van der Waals surface area contributed by atoms with E-state index in [9.17, 15) is 10.1 Å². The van der Waals surface area contributed by atoms with Gasteiger partial charge in [-0.05, 0) is 38.5 Å². The molecular formula is C22H21N9O2. The van der Waals surface area contributed by atoms with E-state index in [0.29, 0.717) is 16.6 Å². The molecule has 0 bridgehead atoms. The van der Waals surface area contributed by atoms with Gasteiger partial charge in [0.25, 0.3) is 0 Å². The van der Waals surface area contributed by atoms with Crippen molar-refractivity contribution in [1.82, 2.24) is 14.9 Å². The predicted octanol–water partition coefficient (Wildman–Crippen LogP) is 2.80. The summed E-state index contributed by atoms with van der Waals surface area (Å²) in [5.74, 6) is 0.396. The molecule has 1 aromatic carbocycles. The Balaban J connectivity index is 1.92. The lowest BCUT2D eigenvalue weighted by molar-refractivity contribution is 0.0544. The second kappa shape index (κ2) is 7.73. The fourth-order valence-corrected chi connectivity index (χ4v) is 3.71. The van der Waals surface area contributed by atoms with Crippen LogP contribution < -0.4 is 22.1 Å². The smallest absolute Gasteiger partial charge is 0.418 e. The molecule has 11 heteroatoms. The Morgan fingerprint density at radius 1 is 1.27 bits per heavy atom. The number of nitrogen functional groups attached to an aromatic ring is 2. The summed E-state index contributed by atoms with van der Waals surface area (Å²) in [6, 6.07) is 8.42. The SMILES string of the molecule is CC(C)(C)OC(=O)n1ccc2c(C3N=C(NC#N)Nc4nc(N)c(C#N)c(N)c43)cccc21. The summed E-state index contributed by atoms with van der Waals surface area (Å²) in [6.07, 6.45) is 2.92. The Morgan fingerprint density at radius 3 is 2.70 bits per heavy atom. The van der Waals surface area contributed by atoms with Crippen molar-refractivity contribution in [2.45, 2.75) is 32.4 Å². The zero-order valence-electron chi connectivity index (χ0n) is 18.2. The van der Waals surface area contributed by atoms with Crippen molar-refractivity contribution in [3.63, 3.8) is 0 Å². The number of aromatic nitrogens is 2. The number of hydrogen-bond donors (Lipinski definition) is 4. The van der Waals surface area contributed by atoms with Gasteiger partial charge < -0.3 is 21.5 Å². The molecule has 1 aliphatic heterocycles. The van der Waals surface area contributed by atoms with Gasteiger partial charge >= 0.3 is 6.09 Å². The average molecular weight is 443 g/mol. The van der Waals surface area contributed by atoms with Gasteiger partial charge in [0.05, 0.1) is 11.2 Å². The fraction of sp³-hybridized carbons (Fsp3) is 0.227. The van der Waals surface area contributed by atoms with Crippen LogP contribution in [0.1, 0.15) is 43.5 Å². The summed E-state index contributed by atoms with van der Waals surface area (Å²) >= 11 is 0. The highest BCUT2D eigenvalue weighted by Crippen LogP contribution is 2.42. The first-order chi connectivity index (χ1) is 15.6. The minimum Gasteiger partial charge on any atom is -0.443 e. The van der Waals surface area contributed by atoms with Gasteiger partial charge in [0.2, 0.25) is 5.96 Å². The minimum absolute atomic E-state index is 0.0347. The maximum atomic E-state index is 12.7. The highest BCUT2D eigenvalue weighted by Gasteiger charge is 2.31. The summed E-state index contributed by atoms with van der Waals surface area (Å²) in [5.41, 5.74) is 13.5.